The van der Waals surface area contributed by atoms with Gasteiger partial charge in [-0.2, -0.15) is 0 Å². The summed E-state index contributed by atoms with van der Waals surface area (Å²) >= 11 is 4.90. The second-order valence-corrected chi connectivity index (χ2v) is 5.39. The molecular weight excluding hydrogens is 302 g/mol. The Labute approximate surface area is 110 Å². The van der Waals surface area contributed by atoms with Gasteiger partial charge in [0.2, 0.25) is 0 Å². The Morgan fingerprint density at radius 3 is 3.12 bits per heavy atom. The highest BCUT2D eigenvalue weighted by Gasteiger charge is 2.17. The molecule has 0 bridgehead atoms. The molecule has 0 fully saturated rings. The summed E-state index contributed by atoms with van der Waals surface area (Å²) in [5, 5.41) is 12.3. The van der Waals surface area contributed by atoms with Crippen LogP contribution in [0.2, 0.25) is 0 Å². The van der Waals surface area contributed by atoms with Crippen LogP contribution in [0, 0.1) is 0 Å². The molecule has 3 rings (SSSR count). The van der Waals surface area contributed by atoms with Crippen molar-refractivity contribution in [3.05, 3.63) is 52.1 Å². The van der Waals surface area contributed by atoms with Gasteiger partial charge in [0.1, 0.15) is 23.0 Å². The maximum Gasteiger partial charge on any atom is 0.126 e. The second-order valence-electron chi connectivity index (χ2n) is 3.58. The Morgan fingerprint density at radius 2 is 2.29 bits per heavy atom. The molecule has 4 nitrogen and oxygen atoms in total. The number of imidazole rings is 1. The number of hydrogen-bond donors (Lipinski definition) is 1. The molecule has 0 aliphatic carbocycles. The van der Waals surface area contributed by atoms with Gasteiger partial charge in [0, 0.05) is 34.0 Å². The summed E-state index contributed by atoms with van der Waals surface area (Å²) in [5.74, 6) is 0. The van der Waals surface area contributed by atoms with Crippen LogP contribution in [-0.2, 0) is 0 Å². The molecule has 17 heavy (non-hydrogen) atoms. The number of aliphatic hydroxyl groups excluding tert-OH is 1. The molecule has 0 aromatic carbocycles. The number of halogens is 1. The van der Waals surface area contributed by atoms with Crippen LogP contribution in [0.4, 0.5) is 0 Å². The van der Waals surface area contributed by atoms with E-state index in [4.69, 9.17) is 0 Å². The van der Waals surface area contributed by atoms with Crippen LogP contribution >= 0.6 is 27.3 Å². The highest BCUT2D eigenvalue weighted by molar-refractivity contribution is 9.10. The van der Waals surface area contributed by atoms with Crippen LogP contribution in [0.5, 0.6) is 0 Å². The third kappa shape index (κ3) is 1.88. The SMILES string of the molecule is OC(c1cncc(Br)c1)c1ncn2ccsc12. The molecule has 86 valence electrons. The quantitative estimate of drug-likeness (QED) is 0.791. The van der Waals surface area contributed by atoms with Gasteiger partial charge in [0.05, 0.1) is 0 Å². The lowest BCUT2D eigenvalue weighted by Gasteiger charge is -2.07. The van der Waals surface area contributed by atoms with E-state index in [1.54, 1.807) is 30.1 Å². The molecule has 0 spiro atoms. The molecule has 1 atom stereocenters. The normalized spacial score (nSPS) is 13.1. The molecule has 0 saturated heterocycles. The molecule has 0 aliphatic rings. The number of thiazole rings is 1. The van der Waals surface area contributed by atoms with Gasteiger partial charge >= 0.3 is 0 Å². The summed E-state index contributed by atoms with van der Waals surface area (Å²) in [6.07, 6.45) is 6.21. The van der Waals surface area contributed by atoms with Gasteiger partial charge in [-0.25, -0.2) is 4.98 Å². The maximum atomic E-state index is 10.3. The molecule has 6 heteroatoms. The summed E-state index contributed by atoms with van der Waals surface area (Å²) < 4.78 is 2.74. The third-order valence-electron chi connectivity index (χ3n) is 2.48. The van der Waals surface area contributed by atoms with E-state index in [-0.39, 0.29) is 0 Å². The van der Waals surface area contributed by atoms with Gasteiger partial charge in [-0.3, -0.25) is 9.38 Å². The van der Waals surface area contributed by atoms with Crippen molar-refractivity contribution in [2.75, 3.05) is 0 Å². The first-order valence-electron chi connectivity index (χ1n) is 4.94. The van der Waals surface area contributed by atoms with Crippen molar-refractivity contribution in [3.63, 3.8) is 0 Å². The zero-order valence-corrected chi connectivity index (χ0v) is 11.0. The second kappa shape index (κ2) is 4.21. The number of hydrogen-bond acceptors (Lipinski definition) is 4. The minimum atomic E-state index is -0.747. The molecule has 1 N–H and O–H groups in total. The number of rotatable bonds is 2. The first-order chi connectivity index (χ1) is 8.25. The van der Waals surface area contributed by atoms with Gasteiger partial charge in [-0.1, -0.05) is 0 Å². The maximum absolute atomic E-state index is 10.3. The fourth-order valence-electron chi connectivity index (χ4n) is 1.68. The summed E-state index contributed by atoms with van der Waals surface area (Å²) in [5.41, 5.74) is 1.40. The van der Waals surface area contributed by atoms with E-state index < -0.39 is 6.10 Å². The Bertz CT molecular complexity index is 663. The summed E-state index contributed by atoms with van der Waals surface area (Å²) in [7, 11) is 0. The Balaban J connectivity index is 2.07. The van der Waals surface area contributed by atoms with E-state index in [1.807, 2.05) is 22.0 Å². The zero-order valence-electron chi connectivity index (χ0n) is 8.62. The summed E-state index contributed by atoms with van der Waals surface area (Å²) in [6, 6.07) is 1.84. The van der Waals surface area contributed by atoms with Crippen LogP contribution in [0.25, 0.3) is 4.83 Å². The van der Waals surface area contributed by atoms with Gasteiger partial charge in [-0.05, 0) is 22.0 Å². The van der Waals surface area contributed by atoms with Crippen LogP contribution in [0.15, 0.2) is 40.8 Å². The fourth-order valence-corrected chi connectivity index (χ4v) is 2.89. The van der Waals surface area contributed by atoms with Crippen molar-refractivity contribution in [3.8, 4) is 0 Å². The van der Waals surface area contributed by atoms with Crippen molar-refractivity contribution >= 4 is 32.1 Å². The Hall–Kier alpha value is -1.24. The number of aromatic nitrogens is 3. The first kappa shape index (κ1) is 10.9. The largest absolute Gasteiger partial charge is 0.382 e. The topological polar surface area (TPSA) is 50.4 Å². The molecule has 3 aromatic heterocycles. The minimum Gasteiger partial charge on any atom is -0.382 e. The first-order valence-corrected chi connectivity index (χ1v) is 6.61. The molecule has 3 aromatic rings. The standard InChI is InChI=1S/C11H8BrN3OS/c12-8-3-7(4-13-5-8)10(16)9-11-15(6-14-9)1-2-17-11/h1-6,10,16H. The van der Waals surface area contributed by atoms with E-state index >= 15 is 0 Å². The van der Waals surface area contributed by atoms with Crippen molar-refractivity contribution in [1.82, 2.24) is 14.4 Å². The van der Waals surface area contributed by atoms with Crippen molar-refractivity contribution in [2.24, 2.45) is 0 Å². The number of fused-ring (bicyclic) bond motifs is 1. The lowest BCUT2D eigenvalue weighted by atomic mass is 10.1. The lowest BCUT2D eigenvalue weighted by molar-refractivity contribution is 0.217. The Morgan fingerprint density at radius 1 is 1.41 bits per heavy atom. The van der Waals surface area contributed by atoms with Crippen molar-refractivity contribution in [1.29, 1.82) is 0 Å². The molecule has 0 radical (unpaired) electrons. The van der Waals surface area contributed by atoms with Gasteiger partial charge in [0.25, 0.3) is 0 Å². The van der Waals surface area contributed by atoms with Crippen LogP contribution < -0.4 is 0 Å². The van der Waals surface area contributed by atoms with Crippen molar-refractivity contribution in [2.45, 2.75) is 6.10 Å². The Kier molecular flexibility index (Phi) is 2.70. The van der Waals surface area contributed by atoms with Crippen LogP contribution in [0.3, 0.4) is 0 Å². The van der Waals surface area contributed by atoms with E-state index in [0.717, 1.165) is 14.9 Å². The van der Waals surface area contributed by atoms with Crippen LogP contribution in [-0.4, -0.2) is 19.5 Å². The number of aliphatic hydroxyl groups is 1. The molecule has 3 heterocycles. The van der Waals surface area contributed by atoms with Gasteiger partial charge < -0.3 is 5.11 Å². The minimum absolute atomic E-state index is 0.667. The molecule has 0 saturated carbocycles. The molecular formula is C11H8BrN3OS. The number of pyridine rings is 1. The smallest absolute Gasteiger partial charge is 0.126 e. The highest BCUT2D eigenvalue weighted by atomic mass is 79.9. The third-order valence-corrected chi connectivity index (χ3v) is 3.81. The molecule has 0 aliphatic heterocycles. The van der Waals surface area contributed by atoms with Crippen LogP contribution in [0.1, 0.15) is 17.4 Å². The molecule has 0 amide bonds. The predicted octanol–water partition coefficient (Wildman–Crippen LogP) is 2.64. The van der Waals surface area contributed by atoms with Gasteiger partial charge in [0.15, 0.2) is 0 Å². The fraction of sp³-hybridized carbons (Fsp3) is 0.0909. The lowest BCUT2D eigenvalue weighted by Crippen LogP contribution is -2.00. The van der Waals surface area contributed by atoms with E-state index in [2.05, 4.69) is 25.9 Å². The van der Waals surface area contributed by atoms with E-state index in [1.165, 1.54) is 0 Å². The average molecular weight is 310 g/mol. The van der Waals surface area contributed by atoms with Gasteiger partial charge in [-0.15, -0.1) is 11.3 Å². The average Bonchev–Trinajstić information content (AvgIpc) is 2.89. The monoisotopic (exact) mass is 309 g/mol. The summed E-state index contributed by atoms with van der Waals surface area (Å²) in [4.78, 5) is 9.24. The zero-order chi connectivity index (χ0) is 11.8. The number of nitrogens with zero attached hydrogens (tertiary/aromatic N) is 3. The summed E-state index contributed by atoms with van der Waals surface area (Å²) in [6.45, 7) is 0. The van der Waals surface area contributed by atoms with E-state index in [0.29, 0.717) is 5.69 Å². The predicted molar refractivity (Wildman–Crippen MR) is 69.1 cm³/mol. The highest BCUT2D eigenvalue weighted by Crippen LogP contribution is 2.27. The van der Waals surface area contributed by atoms with Crippen molar-refractivity contribution < 1.29 is 5.11 Å². The van der Waals surface area contributed by atoms with E-state index in [9.17, 15) is 5.11 Å². The molecule has 1 unspecified atom stereocenters.